The molecule has 0 aliphatic heterocycles. The van der Waals surface area contributed by atoms with Crippen molar-refractivity contribution in [3.63, 3.8) is 0 Å². The Kier molecular flexibility index (Phi) is 3.43. The van der Waals surface area contributed by atoms with Crippen molar-refractivity contribution >= 4 is 17.3 Å². The Labute approximate surface area is 97.6 Å². The smallest absolute Gasteiger partial charge is 0.380 e. The third-order valence-electron chi connectivity index (χ3n) is 1.79. The van der Waals surface area contributed by atoms with E-state index < -0.39 is 11.7 Å². The van der Waals surface area contributed by atoms with Crippen molar-refractivity contribution in [3.8, 4) is 0 Å². The quantitative estimate of drug-likeness (QED) is 0.771. The lowest BCUT2D eigenvalue weighted by atomic mass is 10.1. The van der Waals surface area contributed by atoms with Crippen LogP contribution in [0.1, 0.15) is 26.3 Å². The molecule has 0 fully saturated rings. The van der Waals surface area contributed by atoms with E-state index in [1.807, 2.05) is 20.8 Å². The number of benzene rings is 1. The molecule has 1 nitrogen and oxygen atoms in total. The molecule has 16 heavy (non-hydrogen) atoms. The molecule has 1 aromatic rings. The molecular weight excluding hydrogens is 239 g/mol. The highest BCUT2D eigenvalue weighted by Crippen LogP contribution is 2.36. The van der Waals surface area contributed by atoms with E-state index in [9.17, 15) is 13.2 Å². The Morgan fingerprint density at radius 3 is 2.12 bits per heavy atom. The minimum atomic E-state index is -4.42. The minimum absolute atomic E-state index is 0.285. The van der Waals surface area contributed by atoms with Crippen LogP contribution in [0.15, 0.2) is 18.2 Å². The monoisotopic (exact) mass is 251 g/mol. The molecule has 0 saturated carbocycles. The highest BCUT2D eigenvalue weighted by molar-refractivity contribution is 6.31. The maximum absolute atomic E-state index is 12.5. The van der Waals surface area contributed by atoms with Crippen LogP contribution < -0.4 is 5.32 Å². The van der Waals surface area contributed by atoms with Crippen molar-refractivity contribution in [2.75, 3.05) is 5.32 Å². The second-order valence-electron chi connectivity index (χ2n) is 4.57. The van der Waals surface area contributed by atoms with E-state index in [0.717, 1.165) is 6.07 Å². The fourth-order valence-corrected chi connectivity index (χ4v) is 1.48. The van der Waals surface area contributed by atoms with Crippen molar-refractivity contribution in [2.24, 2.45) is 0 Å². The maximum Gasteiger partial charge on any atom is 0.417 e. The van der Waals surface area contributed by atoms with Crippen LogP contribution in [0.25, 0.3) is 0 Å². The van der Waals surface area contributed by atoms with Crippen LogP contribution in [0.5, 0.6) is 0 Å². The normalized spacial score (nSPS) is 12.7. The molecule has 5 heteroatoms. The van der Waals surface area contributed by atoms with Gasteiger partial charge in [0.2, 0.25) is 0 Å². The Balaban J connectivity index is 3.09. The largest absolute Gasteiger partial charge is 0.417 e. The zero-order valence-electron chi connectivity index (χ0n) is 9.24. The molecule has 0 unspecified atom stereocenters. The molecule has 0 spiro atoms. The molecular formula is C11H13ClF3N. The molecule has 0 aliphatic carbocycles. The number of nitrogens with one attached hydrogen (secondary N) is 1. The molecule has 0 atom stereocenters. The summed E-state index contributed by atoms with van der Waals surface area (Å²) < 4.78 is 37.6. The third kappa shape index (κ3) is 3.59. The van der Waals surface area contributed by atoms with Gasteiger partial charge in [-0.15, -0.1) is 0 Å². The van der Waals surface area contributed by atoms with Crippen molar-refractivity contribution in [3.05, 3.63) is 28.8 Å². The standard InChI is InChI=1S/C11H13ClF3N/c1-10(2,3)16-7-4-5-9(12)8(6-7)11(13,14)15/h4-6,16H,1-3H3. The van der Waals surface area contributed by atoms with Gasteiger partial charge in [0, 0.05) is 11.2 Å². The second kappa shape index (κ2) is 4.17. The summed E-state index contributed by atoms with van der Waals surface area (Å²) in [6.07, 6.45) is -4.42. The van der Waals surface area contributed by atoms with Gasteiger partial charge in [0.05, 0.1) is 10.6 Å². The van der Waals surface area contributed by atoms with Crippen LogP contribution in [0.2, 0.25) is 5.02 Å². The van der Waals surface area contributed by atoms with Gasteiger partial charge >= 0.3 is 6.18 Å². The number of anilines is 1. The lowest BCUT2D eigenvalue weighted by Gasteiger charge is -2.23. The molecule has 1 rings (SSSR count). The van der Waals surface area contributed by atoms with Gasteiger partial charge in [-0.05, 0) is 39.0 Å². The second-order valence-corrected chi connectivity index (χ2v) is 4.97. The van der Waals surface area contributed by atoms with Crippen LogP contribution in [0, 0.1) is 0 Å². The summed E-state index contributed by atoms with van der Waals surface area (Å²) in [4.78, 5) is 0. The fraction of sp³-hybridized carbons (Fsp3) is 0.455. The zero-order chi connectivity index (χ0) is 12.6. The molecule has 0 aliphatic rings. The lowest BCUT2D eigenvalue weighted by molar-refractivity contribution is -0.137. The highest BCUT2D eigenvalue weighted by atomic mass is 35.5. The van der Waals surface area contributed by atoms with Gasteiger partial charge in [0.15, 0.2) is 0 Å². The van der Waals surface area contributed by atoms with Crippen LogP contribution in [0.4, 0.5) is 18.9 Å². The van der Waals surface area contributed by atoms with Gasteiger partial charge in [0.1, 0.15) is 0 Å². The third-order valence-corrected chi connectivity index (χ3v) is 2.12. The topological polar surface area (TPSA) is 12.0 Å². The van der Waals surface area contributed by atoms with Crippen LogP contribution >= 0.6 is 11.6 Å². The molecule has 1 N–H and O–H groups in total. The molecule has 0 bridgehead atoms. The van der Waals surface area contributed by atoms with E-state index >= 15 is 0 Å². The summed E-state index contributed by atoms with van der Waals surface area (Å²) in [5.74, 6) is 0. The van der Waals surface area contributed by atoms with Crippen LogP contribution in [-0.2, 0) is 6.18 Å². The first-order valence-electron chi connectivity index (χ1n) is 4.74. The van der Waals surface area contributed by atoms with E-state index in [1.54, 1.807) is 0 Å². The predicted molar refractivity (Wildman–Crippen MR) is 59.8 cm³/mol. The van der Waals surface area contributed by atoms with Crippen LogP contribution in [-0.4, -0.2) is 5.54 Å². The Hall–Kier alpha value is -0.900. The molecule has 0 saturated heterocycles. The summed E-state index contributed by atoms with van der Waals surface area (Å²) in [5, 5.41) is 2.68. The number of alkyl halides is 3. The first kappa shape index (κ1) is 13.2. The molecule has 0 radical (unpaired) electrons. The van der Waals surface area contributed by atoms with Gasteiger partial charge < -0.3 is 5.32 Å². The van der Waals surface area contributed by atoms with E-state index in [4.69, 9.17) is 11.6 Å². The van der Waals surface area contributed by atoms with Gasteiger partial charge in [-0.25, -0.2) is 0 Å². The average molecular weight is 252 g/mol. The van der Waals surface area contributed by atoms with Crippen molar-refractivity contribution < 1.29 is 13.2 Å². The summed E-state index contributed by atoms with van der Waals surface area (Å²) in [6.45, 7) is 5.61. The molecule has 1 aromatic carbocycles. The van der Waals surface area contributed by atoms with E-state index in [2.05, 4.69) is 5.32 Å². The van der Waals surface area contributed by atoms with E-state index in [0.29, 0.717) is 5.69 Å². The molecule has 0 heterocycles. The first-order chi connectivity index (χ1) is 7.09. The van der Waals surface area contributed by atoms with Crippen molar-refractivity contribution in [1.82, 2.24) is 0 Å². The zero-order valence-corrected chi connectivity index (χ0v) is 10.00. The summed E-state index contributed by atoms with van der Waals surface area (Å²) in [6, 6.07) is 3.80. The minimum Gasteiger partial charge on any atom is -0.380 e. The molecule has 90 valence electrons. The highest BCUT2D eigenvalue weighted by Gasteiger charge is 2.33. The van der Waals surface area contributed by atoms with Crippen LogP contribution in [0.3, 0.4) is 0 Å². The Morgan fingerprint density at radius 2 is 1.69 bits per heavy atom. The number of hydrogen-bond acceptors (Lipinski definition) is 1. The van der Waals surface area contributed by atoms with Crippen molar-refractivity contribution in [2.45, 2.75) is 32.5 Å². The lowest BCUT2D eigenvalue weighted by Crippen LogP contribution is -2.26. The SMILES string of the molecule is CC(C)(C)Nc1ccc(Cl)c(C(F)(F)F)c1. The Morgan fingerprint density at radius 1 is 1.12 bits per heavy atom. The van der Waals surface area contributed by atoms with Gasteiger partial charge in [-0.1, -0.05) is 11.6 Å². The number of hydrogen-bond donors (Lipinski definition) is 1. The van der Waals surface area contributed by atoms with Gasteiger partial charge in [0.25, 0.3) is 0 Å². The summed E-state index contributed by atoms with van der Waals surface area (Å²) in [7, 11) is 0. The maximum atomic E-state index is 12.5. The number of halogens is 4. The van der Waals surface area contributed by atoms with Gasteiger partial charge in [-0.3, -0.25) is 0 Å². The van der Waals surface area contributed by atoms with E-state index in [-0.39, 0.29) is 10.6 Å². The summed E-state index contributed by atoms with van der Waals surface area (Å²) in [5.41, 5.74) is -0.705. The number of rotatable bonds is 1. The predicted octanol–water partition coefficient (Wildman–Crippen LogP) is 4.57. The fourth-order valence-electron chi connectivity index (χ4n) is 1.25. The van der Waals surface area contributed by atoms with Gasteiger partial charge in [-0.2, -0.15) is 13.2 Å². The summed E-state index contributed by atoms with van der Waals surface area (Å²) >= 11 is 5.50. The molecule has 0 aromatic heterocycles. The van der Waals surface area contributed by atoms with E-state index in [1.165, 1.54) is 12.1 Å². The van der Waals surface area contributed by atoms with Crippen molar-refractivity contribution in [1.29, 1.82) is 0 Å². The average Bonchev–Trinajstić information content (AvgIpc) is 2.04. The molecule has 0 amide bonds. The Bertz CT molecular complexity index is 380. The first-order valence-corrected chi connectivity index (χ1v) is 5.12.